The maximum absolute atomic E-state index is 13.4. The number of hydrogen-bond donors (Lipinski definition) is 0. The number of halogens is 1. The highest BCUT2D eigenvalue weighted by Crippen LogP contribution is 2.24. The second-order valence-corrected chi connectivity index (χ2v) is 7.39. The van der Waals surface area contributed by atoms with Crippen molar-refractivity contribution in [1.82, 2.24) is 14.8 Å². The van der Waals surface area contributed by atoms with Gasteiger partial charge in [-0.2, -0.15) is 0 Å². The first-order valence-electron chi connectivity index (χ1n) is 9.16. The fourth-order valence-corrected chi connectivity index (χ4v) is 3.84. The van der Waals surface area contributed by atoms with E-state index >= 15 is 0 Å². The minimum atomic E-state index is -0.306. The summed E-state index contributed by atoms with van der Waals surface area (Å²) in [5.41, 5.74) is 2.52. The molecule has 0 saturated heterocycles. The Hall–Kier alpha value is -3.25. The molecule has 0 radical (unpaired) electrons. The van der Waals surface area contributed by atoms with E-state index in [9.17, 15) is 9.18 Å². The molecule has 4 nitrogen and oxygen atoms in total. The standard InChI is InChI=1S/C23H18FN3OS/c24-19-11-13-20(14-12-19)27-22(15-17-7-3-1-4-8-17)25-26-23(27)29-16-21(28)18-9-5-2-6-10-18/h1-14H,15-16H2. The van der Waals surface area contributed by atoms with Crippen LogP contribution in [0.2, 0.25) is 0 Å². The fourth-order valence-electron chi connectivity index (χ4n) is 2.97. The molecular weight excluding hydrogens is 385 g/mol. The molecule has 3 aromatic carbocycles. The van der Waals surface area contributed by atoms with Crippen molar-refractivity contribution in [2.45, 2.75) is 11.6 Å². The van der Waals surface area contributed by atoms with E-state index in [-0.39, 0.29) is 17.4 Å². The molecule has 6 heteroatoms. The van der Waals surface area contributed by atoms with Gasteiger partial charge < -0.3 is 0 Å². The van der Waals surface area contributed by atoms with Gasteiger partial charge in [-0.1, -0.05) is 72.4 Å². The van der Waals surface area contributed by atoms with Crippen LogP contribution in [0.1, 0.15) is 21.7 Å². The van der Waals surface area contributed by atoms with Crippen LogP contribution in [0.3, 0.4) is 0 Å². The quantitative estimate of drug-likeness (QED) is 0.323. The molecule has 0 unspecified atom stereocenters. The van der Waals surface area contributed by atoms with Gasteiger partial charge in [-0.15, -0.1) is 10.2 Å². The number of ketones is 1. The van der Waals surface area contributed by atoms with Crippen molar-refractivity contribution < 1.29 is 9.18 Å². The fraction of sp³-hybridized carbons (Fsp3) is 0.0870. The summed E-state index contributed by atoms with van der Waals surface area (Å²) in [6, 6.07) is 25.3. The molecule has 0 amide bonds. The number of aromatic nitrogens is 3. The summed E-state index contributed by atoms with van der Waals surface area (Å²) in [7, 11) is 0. The normalized spacial score (nSPS) is 10.8. The molecule has 144 valence electrons. The van der Waals surface area contributed by atoms with Gasteiger partial charge in [0.1, 0.15) is 11.6 Å². The lowest BCUT2D eigenvalue weighted by atomic mass is 10.1. The first-order valence-corrected chi connectivity index (χ1v) is 10.1. The Kier molecular flexibility index (Phi) is 5.81. The van der Waals surface area contributed by atoms with E-state index in [2.05, 4.69) is 10.2 Å². The number of carbonyl (C=O) groups is 1. The molecule has 0 spiro atoms. The zero-order chi connectivity index (χ0) is 20.1. The molecular formula is C23H18FN3OS. The van der Waals surface area contributed by atoms with E-state index in [4.69, 9.17) is 0 Å². The third kappa shape index (κ3) is 4.60. The van der Waals surface area contributed by atoms with Crippen LogP contribution in [0.4, 0.5) is 4.39 Å². The van der Waals surface area contributed by atoms with Gasteiger partial charge in [0.15, 0.2) is 10.9 Å². The Balaban J connectivity index is 1.62. The van der Waals surface area contributed by atoms with Gasteiger partial charge in [-0.3, -0.25) is 9.36 Å². The van der Waals surface area contributed by atoms with E-state index in [1.807, 2.05) is 53.1 Å². The van der Waals surface area contributed by atoms with Crippen molar-refractivity contribution in [2.75, 3.05) is 5.75 Å². The van der Waals surface area contributed by atoms with Gasteiger partial charge in [0, 0.05) is 17.7 Å². The number of benzene rings is 3. The lowest BCUT2D eigenvalue weighted by Crippen LogP contribution is -2.06. The summed E-state index contributed by atoms with van der Waals surface area (Å²) in [4.78, 5) is 12.5. The van der Waals surface area contributed by atoms with Gasteiger partial charge in [-0.25, -0.2) is 4.39 Å². The van der Waals surface area contributed by atoms with Crippen molar-refractivity contribution in [1.29, 1.82) is 0 Å². The highest BCUT2D eigenvalue weighted by Gasteiger charge is 2.17. The molecule has 0 aliphatic rings. The predicted octanol–water partition coefficient (Wildman–Crippen LogP) is 4.97. The Bertz CT molecular complexity index is 1100. The molecule has 4 aromatic rings. The molecule has 0 saturated carbocycles. The molecule has 0 N–H and O–H groups in total. The topological polar surface area (TPSA) is 47.8 Å². The summed E-state index contributed by atoms with van der Waals surface area (Å²) in [6.07, 6.45) is 0.582. The SMILES string of the molecule is O=C(CSc1nnc(Cc2ccccc2)n1-c1ccc(F)cc1)c1ccccc1. The van der Waals surface area contributed by atoms with Crippen LogP contribution >= 0.6 is 11.8 Å². The van der Waals surface area contributed by atoms with Crippen molar-refractivity contribution in [2.24, 2.45) is 0 Å². The summed E-state index contributed by atoms with van der Waals surface area (Å²) in [5.74, 6) is 0.695. The highest BCUT2D eigenvalue weighted by atomic mass is 32.2. The molecule has 4 rings (SSSR count). The van der Waals surface area contributed by atoms with Gasteiger partial charge in [0.05, 0.1) is 5.75 Å². The van der Waals surface area contributed by atoms with E-state index < -0.39 is 0 Å². The van der Waals surface area contributed by atoms with E-state index in [0.717, 1.165) is 17.1 Å². The maximum atomic E-state index is 13.4. The van der Waals surface area contributed by atoms with Gasteiger partial charge in [-0.05, 0) is 29.8 Å². The first kappa shape index (κ1) is 19.1. The average Bonchev–Trinajstić information content (AvgIpc) is 3.16. The number of hydrogen-bond acceptors (Lipinski definition) is 4. The monoisotopic (exact) mass is 403 g/mol. The van der Waals surface area contributed by atoms with Crippen LogP contribution < -0.4 is 0 Å². The Morgan fingerprint density at radius 3 is 2.21 bits per heavy atom. The van der Waals surface area contributed by atoms with Crippen molar-refractivity contribution >= 4 is 17.5 Å². The van der Waals surface area contributed by atoms with Crippen LogP contribution in [0.15, 0.2) is 90.1 Å². The Morgan fingerprint density at radius 1 is 0.862 bits per heavy atom. The lowest BCUT2D eigenvalue weighted by Gasteiger charge is -2.10. The molecule has 1 aromatic heterocycles. The largest absolute Gasteiger partial charge is 0.293 e. The van der Waals surface area contributed by atoms with Gasteiger partial charge >= 0.3 is 0 Å². The summed E-state index contributed by atoms with van der Waals surface area (Å²) in [6.45, 7) is 0. The summed E-state index contributed by atoms with van der Waals surface area (Å²) >= 11 is 1.33. The van der Waals surface area contributed by atoms with Crippen LogP contribution in [0, 0.1) is 5.82 Å². The number of nitrogens with zero attached hydrogens (tertiary/aromatic N) is 3. The maximum Gasteiger partial charge on any atom is 0.196 e. The number of carbonyl (C=O) groups excluding carboxylic acids is 1. The number of thioether (sulfide) groups is 1. The van der Waals surface area contributed by atoms with Gasteiger partial charge in [0.25, 0.3) is 0 Å². The lowest BCUT2D eigenvalue weighted by molar-refractivity contribution is 0.102. The van der Waals surface area contributed by atoms with Crippen LogP contribution in [0.5, 0.6) is 0 Å². The molecule has 29 heavy (non-hydrogen) atoms. The predicted molar refractivity (Wildman–Crippen MR) is 112 cm³/mol. The highest BCUT2D eigenvalue weighted by molar-refractivity contribution is 7.99. The molecule has 0 bridgehead atoms. The third-order valence-corrected chi connectivity index (χ3v) is 5.35. The molecule has 1 heterocycles. The molecule has 0 aliphatic heterocycles. The Labute approximate surface area is 172 Å². The molecule has 0 aliphatic carbocycles. The van der Waals surface area contributed by atoms with E-state index in [1.54, 1.807) is 24.3 Å². The van der Waals surface area contributed by atoms with Crippen molar-refractivity contribution in [3.8, 4) is 5.69 Å². The minimum Gasteiger partial charge on any atom is -0.293 e. The molecule has 0 fully saturated rings. The molecule has 0 atom stereocenters. The summed E-state index contributed by atoms with van der Waals surface area (Å²) < 4.78 is 15.3. The Morgan fingerprint density at radius 2 is 1.52 bits per heavy atom. The third-order valence-electron chi connectivity index (χ3n) is 4.42. The second kappa shape index (κ2) is 8.84. The van der Waals surface area contributed by atoms with Crippen molar-refractivity contribution in [3.63, 3.8) is 0 Å². The van der Waals surface area contributed by atoms with E-state index in [1.165, 1.54) is 23.9 Å². The minimum absolute atomic E-state index is 0.0221. The zero-order valence-corrected chi connectivity index (χ0v) is 16.3. The first-order chi connectivity index (χ1) is 14.2. The number of rotatable bonds is 7. The van der Waals surface area contributed by atoms with Crippen LogP contribution in [-0.4, -0.2) is 26.3 Å². The number of Topliss-reactive ketones (excluding diaryl/α,β-unsaturated/α-hetero) is 1. The van der Waals surface area contributed by atoms with Crippen LogP contribution in [-0.2, 0) is 6.42 Å². The van der Waals surface area contributed by atoms with Crippen molar-refractivity contribution in [3.05, 3.63) is 108 Å². The van der Waals surface area contributed by atoms with E-state index in [0.29, 0.717) is 17.1 Å². The van der Waals surface area contributed by atoms with Gasteiger partial charge in [0.2, 0.25) is 0 Å². The van der Waals surface area contributed by atoms with Crippen LogP contribution in [0.25, 0.3) is 5.69 Å². The smallest absolute Gasteiger partial charge is 0.196 e. The summed E-state index contributed by atoms with van der Waals surface area (Å²) in [5, 5.41) is 9.26. The second-order valence-electron chi connectivity index (χ2n) is 6.45. The zero-order valence-electron chi connectivity index (χ0n) is 15.5. The average molecular weight is 403 g/mol.